The highest BCUT2D eigenvalue weighted by Gasteiger charge is 2.21. The van der Waals surface area contributed by atoms with Crippen LogP contribution >= 0.6 is 0 Å². The third-order valence-corrected chi connectivity index (χ3v) is 5.22. The summed E-state index contributed by atoms with van der Waals surface area (Å²) in [6.45, 7) is 4.27. The van der Waals surface area contributed by atoms with Gasteiger partial charge in [-0.05, 0) is 17.7 Å². The molecule has 7 nitrogen and oxygen atoms in total. The van der Waals surface area contributed by atoms with E-state index in [1.54, 1.807) is 0 Å². The van der Waals surface area contributed by atoms with Gasteiger partial charge in [0.2, 0.25) is 0 Å². The number of aromatic amines is 1. The van der Waals surface area contributed by atoms with Gasteiger partial charge >= 0.3 is 0 Å². The van der Waals surface area contributed by atoms with E-state index >= 15 is 0 Å². The number of hydrogen-bond acceptors (Lipinski definition) is 5. The predicted octanol–water partition coefficient (Wildman–Crippen LogP) is 2.39. The molecule has 0 atom stereocenters. The maximum Gasteiger partial charge on any atom is 0.106 e. The lowest BCUT2D eigenvalue weighted by atomic mass is 10.1. The van der Waals surface area contributed by atoms with Gasteiger partial charge in [0.25, 0.3) is 0 Å². The SMILES string of the molecule is CN1CC=C(n2ncc3ccc(-c4cn[nH]c4)cc32)C=C1N1CCOCC1. The monoisotopic (exact) mass is 362 g/mol. The highest BCUT2D eigenvalue weighted by molar-refractivity contribution is 5.87. The second-order valence-corrected chi connectivity index (χ2v) is 6.93. The molecule has 27 heavy (non-hydrogen) atoms. The number of ether oxygens (including phenoxy) is 1. The highest BCUT2D eigenvalue weighted by Crippen LogP contribution is 2.28. The van der Waals surface area contributed by atoms with Gasteiger partial charge in [-0.3, -0.25) is 5.10 Å². The number of aromatic nitrogens is 4. The quantitative estimate of drug-likeness (QED) is 0.775. The first-order valence-corrected chi connectivity index (χ1v) is 9.22. The van der Waals surface area contributed by atoms with E-state index in [0.717, 1.165) is 60.6 Å². The number of H-pyrrole nitrogens is 1. The number of hydrogen-bond donors (Lipinski definition) is 1. The van der Waals surface area contributed by atoms with Crippen molar-refractivity contribution >= 4 is 16.6 Å². The topological polar surface area (TPSA) is 62.2 Å². The van der Waals surface area contributed by atoms with Crippen molar-refractivity contribution in [3.63, 3.8) is 0 Å². The molecule has 0 saturated carbocycles. The van der Waals surface area contributed by atoms with Gasteiger partial charge in [-0.25, -0.2) is 4.68 Å². The molecule has 1 aromatic carbocycles. The number of nitrogens with one attached hydrogen (secondary N) is 1. The Morgan fingerprint density at radius 2 is 2.00 bits per heavy atom. The van der Waals surface area contributed by atoms with Crippen LogP contribution in [0.25, 0.3) is 27.7 Å². The molecule has 1 N–H and O–H groups in total. The number of morpholine rings is 1. The predicted molar refractivity (Wildman–Crippen MR) is 105 cm³/mol. The summed E-state index contributed by atoms with van der Waals surface area (Å²) >= 11 is 0. The smallest absolute Gasteiger partial charge is 0.106 e. The lowest BCUT2D eigenvalue weighted by Crippen LogP contribution is -2.42. The van der Waals surface area contributed by atoms with E-state index in [-0.39, 0.29) is 0 Å². The van der Waals surface area contributed by atoms with Crippen molar-refractivity contribution in [2.24, 2.45) is 0 Å². The zero-order chi connectivity index (χ0) is 18.2. The summed E-state index contributed by atoms with van der Waals surface area (Å²) in [5.74, 6) is 1.23. The first-order chi connectivity index (χ1) is 13.3. The Bertz CT molecular complexity index is 1010. The van der Waals surface area contributed by atoms with Crippen LogP contribution in [0.4, 0.5) is 0 Å². The molecule has 0 unspecified atom stereocenters. The summed E-state index contributed by atoms with van der Waals surface area (Å²) in [4.78, 5) is 4.66. The number of fused-ring (bicyclic) bond motifs is 1. The molecule has 0 spiro atoms. The van der Waals surface area contributed by atoms with Gasteiger partial charge in [0.1, 0.15) is 5.82 Å². The van der Waals surface area contributed by atoms with Crippen molar-refractivity contribution in [1.82, 2.24) is 29.8 Å². The fourth-order valence-electron chi connectivity index (χ4n) is 3.71. The van der Waals surface area contributed by atoms with Crippen LogP contribution in [0.1, 0.15) is 0 Å². The molecule has 138 valence electrons. The summed E-state index contributed by atoms with van der Waals surface area (Å²) < 4.78 is 7.54. The van der Waals surface area contributed by atoms with Crippen LogP contribution in [-0.2, 0) is 4.74 Å². The maximum absolute atomic E-state index is 5.50. The van der Waals surface area contributed by atoms with Crippen LogP contribution in [0, 0.1) is 0 Å². The number of rotatable bonds is 3. The Morgan fingerprint density at radius 1 is 1.11 bits per heavy atom. The standard InChI is InChI=1S/C20H22N6O/c1-24-5-4-18(11-20(24)25-6-8-27-9-7-25)26-19-10-15(17-12-21-22-13-17)2-3-16(19)14-23-26/h2-4,10-14H,5-9H2,1H3,(H,21,22). The molecule has 1 fully saturated rings. The highest BCUT2D eigenvalue weighted by atomic mass is 16.5. The summed E-state index contributed by atoms with van der Waals surface area (Å²) in [5, 5.41) is 12.7. The number of likely N-dealkylation sites (N-methyl/N-ethyl adjacent to an activating group) is 1. The molecule has 0 radical (unpaired) electrons. The second kappa shape index (κ2) is 6.59. The Labute approximate surface area is 157 Å². The van der Waals surface area contributed by atoms with Crippen LogP contribution < -0.4 is 0 Å². The van der Waals surface area contributed by atoms with Gasteiger partial charge < -0.3 is 14.5 Å². The summed E-state index contributed by atoms with van der Waals surface area (Å²) in [6.07, 6.45) is 10.1. The van der Waals surface area contributed by atoms with Gasteiger partial charge in [0.05, 0.1) is 36.8 Å². The Hall–Kier alpha value is -3.06. The summed E-state index contributed by atoms with van der Waals surface area (Å²) in [5.41, 5.74) is 4.41. The van der Waals surface area contributed by atoms with E-state index in [2.05, 4.69) is 62.5 Å². The van der Waals surface area contributed by atoms with E-state index in [1.165, 1.54) is 5.82 Å². The third-order valence-electron chi connectivity index (χ3n) is 5.22. The maximum atomic E-state index is 5.50. The number of allylic oxidation sites excluding steroid dienone is 2. The minimum Gasteiger partial charge on any atom is -0.378 e. The van der Waals surface area contributed by atoms with E-state index < -0.39 is 0 Å². The lowest BCUT2D eigenvalue weighted by molar-refractivity contribution is 0.0409. The molecule has 7 heteroatoms. The first kappa shape index (κ1) is 16.1. The van der Waals surface area contributed by atoms with Crippen LogP contribution in [0.5, 0.6) is 0 Å². The Balaban J connectivity index is 1.54. The van der Waals surface area contributed by atoms with Crippen molar-refractivity contribution in [3.8, 4) is 11.1 Å². The fraction of sp³-hybridized carbons (Fsp3) is 0.300. The van der Waals surface area contributed by atoms with E-state index in [0.29, 0.717) is 0 Å². The van der Waals surface area contributed by atoms with E-state index in [1.807, 2.05) is 23.3 Å². The Morgan fingerprint density at radius 3 is 2.81 bits per heavy atom. The van der Waals surface area contributed by atoms with Crippen molar-refractivity contribution < 1.29 is 4.74 Å². The summed E-state index contributed by atoms with van der Waals surface area (Å²) in [7, 11) is 2.13. The molecular formula is C20H22N6O. The number of benzene rings is 1. The molecular weight excluding hydrogens is 340 g/mol. The zero-order valence-electron chi connectivity index (χ0n) is 15.3. The molecule has 3 aromatic rings. The van der Waals surface area contributed by atoms with Crippen molar-refractivity contribution in [1.29, 1.82) is 0 Å². The van der Waals surface area contributed by atoms with Crippen molar-refractivity contribution in [2.75, 3.05) is 39.9 Å². The minimum atomic E-state index is 0.781. The molecule has 0 bridgehead atoms. The normalized spacial score (nSPS) is 18.0. The molecule has 0 amide bonds. The zero-order valence-corrected chi connectivity index (χ0v) is 15.3. The lowest BCUT2D eigenvalue weighted by Gasteiger charge is -2.37. The van der Waals surface area contributed by atoms with Gasteiger partial charge in [-0.15, -0.1) is 0 Å². The molecule has 2 aromatic heterocycles. The van der Waals surface area contributed by atoms with Gasteiger partial charge in [-0.2, -0.15) is 10.2 Å². The molecule has 1 saturated heterocycles. The van der Waals surface area contributed by atoms with Crippen LogP contribution in [0.3, 0.4) is 0 Å². The molecule has 5 rings (SSSR count). The van der Waals surface area contributed by atoms with E-state index in [9.17, 15) is 0 Å². The van der Waals surface area contributed by atoms with Crippen LogP contribution in [0.2, 0.25) is 0 Å². The van der Waals surface area contributed by atoms with Gasteiger partial charge in [0, 0.05) is 49.9 Å². The van der Waals surface area contributed by atoms with E-state index in [4.69, 9.17) is 4.74 Å². The summed E-state index contributed by atoms with van der Waals surface area (Å²) in [6, 6.07) is 6.40. The van der Waals surface area contributed by atoms with Crippen LogP contribution in [-0.4, -0.2) is 69.7 Å². The molecule has 0 aliphatic carbocycles. The molecule has 2 aliphatic rings. The Kier molecular flexibility index (Phi) is 3.94. The largest absolute Gasteiger partial charge is 0.378 e. The molecule has 4 heterocycles. The first-order valence-electron chi connectivity index (χ1n) is 9.22. The minimum absolute atomic E-state index is 0.781. The van der Waals surface area contributed by atoms with Gasteiger partial charge in [0.15, 0.2) is 0 Å². The third kappa shape index (κ3) is 2.90. The second-order valence-electron chi connectivity index (χ2n) is 6.93. The molecule has 2 aliphatic heterocycles. The fourth-order valence-corrected chi connectivity index (χ4v) is 3.71. The van der Waals surface area contributed by atoms with Crippen molar-refractivity contribution in [2.45, 2.75) is 0 Å². The number of nitrogens with zero attached hydrogens (tertiary/aromatic N) is 5. The van der Waals surface area contributed by atoms with Crippen LogP contribution in [0.15, 0.2) is 54.8 Å². The van der Waals surface area contributed by atoms with Crippen molar-refractivity contribution in [3.05, 3.63) is 54.8 Å². The van der Waals surface area contributed by atoms with Gasteiger partial charge in [-0.1, -0.05) is 12.1 Å². The average Bonchev–Trinajstić information content (AvgIpc) is 3.39. The average molecular weight is 362 g/mol.